The van der Waals surface area contributed by atoms with Gasteiger partial charge in [0.25, 0.3) is 0 Å². The lowest BCUT2D eigenvalue weighted by Gasteiger charge is -2.28. The minimum absolute atomic E-state index is 0.536. The van der Waals surface area contributed by atoms with Gasteiger partial charge in [0.15, 0.2) is 0 Å². The lowest BCUT2D eigenvalue weighted by molar-refractivity contribution is 0.360. The van der Waals surface area contributed by atoms with Crippen LogP contribution in [0.25, 0.3) is 0 Å². The van der Waals surface area contributed by atoms with Crippen molar-refractivity contribution in [3.8, 4) is 0 Å². The summed E-state index contributed by atoms with van der Waals surface area (Å²) >= 11 is 12.6. The first-order valence-corrected chi connectivity index (χ1v) is 9.18. The van der Waals surface area contributed by atoms with E-state index in [-0.39, 0.29) is 0 Å². The maximum atomic E-state index is 6.50. The number of hydrogen-bond donors (Lipinski definition) is 1. The second-order valence-electron chi connectivity index (χ2n) is 6.71. The van der Waals surface area contributed by atoms with Crippen LogP contribution in [-0.4, -0.2) is 12.6 Å². The second-order valence-corrected chi connectivity index (χ2v) is 7.55. The van der Waals surface area contributed by atoms with Gasteiger partial charge in [-0.2, -0.15) is 0 Å². The Balaban J connectivity index is 1.78. The van der Waals surface area contributed by atoms with E-state index in [1.165, 1.54) is 56.9 Å². The van der Waals surface area contributed by atoms with Crippen LogP contribution in [0.15, 0.2) is 18.2 Å². The van der Waals surface area contributed by atoms with E-state index >= 15 is 0 Å². The van der Waals surface area contributed by atoms with Gasteiger partial charge >= 0.3 is 0 Å². The van der Waals surface area contributed by atoms with Crippen molar-refractivity contribution in [1.29, 1.82) is 0 Å². The largest absolute Gasteiger partial charge is 0.313 e. The van der Waals surface area contributed by atoms with Crippen molar-refractivity contribution in [2.75, 3.05) is 6.54 Å². The van der Waals surface area contributed by atoms with Gasteiger partial charge in [-0.1, -0.05) is 55.0 Å². The highest BCUT2D eigenvalue weighted by atomic mass is 35.5. The summed E-state index contributed by atoms with van der Waals surface area (Å²) in [5.41, 5.74) is 1.29. The van der Waals surface area contributed by atoms with E-state index in [0.717, 1.165) is 28.5 Å². The first-order chi connectivity index (χ1) is 10.2. The maximum absolute atomic E-state index is 6.50. The van der Waals surface area contributed by atoms with Crippen LogP contribution < -0.4 is 5.32 Å². The number of rotatable bonds is 5. The summed E-state index contributed by atoms with van der Waals surface area (Å²) in [5.74, 6) is 1.30. The van der Waals surface area contributed by atoms with Crippen molar-refractivity contribution in [2.24, 2.45) is 5.92 Å². The highest BCUT2D eigenvalue weighted by Crippen LogP contribution is 2.39. The predicted molar refractivity (Wildman–Crippen MR) is 91.4 cm³/mol. The maximum Gasteiger partial charge on any atom is 0.0456 e. The standard InChI is InChI=1S/C18H25Cl2N/c19-14-7-10-16(18(20)11-14)17(12-21-15-8-9-15)13-5-3-1-2-4-6-13/h7,10-11,13,15,17,21H,1-6,8-9,12H2. The Hall–Kier alpha value is -0.240. The lowest BCUT2D eigenvalue weighted by Crippen LogP contribution is -2.28. The molecule has 1 aromatic carbocycles. The summed E-state index contributed by atoms with van der Waals surface area (Å²) < 4.78 is 0. The van der Waals surface area contributed by atoms with Crippen LogP contribution in [0.3, 0.4) is 0 Å². The molecule has 116 valence electrons. The molecular formula is C18H25Cl2N. The third-order valence-corrected chi connectivity index (χ3v) is 5.60. The summed E-state index contributed by atoms with van der Waals surface area (Å²) in [5, 5.41) is 5.30. The molecule has 0 aromatic heterocycles. The lowest BCUT2D eigenvalue weighted by atomic mass is 9.81. The Bertz CT molecular complexity index is 462. The van der Waals surface area contributed by atoms with Gasteiger partial charge in [0, 0.05) is 28.5 Å². The van der Waals surface area contributed by atoms with Gasteiger partial charge in [-0.25, -0.2) is 0 Å². The number of hydrogen-bond acceptors (Lipinski definition) is 1. The van der Waals surface area contributed by atoms with Crippen LogP contribution in [0, 0.1) is 5.92 Å². The summed E-state index contributed by atoms with van der Waals surface area (Å²) in [4.78, 5) is 0. The first-order valence-electron chi connectivity index (χ1n) is 8.42. The highest BCUT2D eigenvalue weighted by Gasteiger charge is 2.28. The molecule has 1 unspecified atom stereocenters. The molecule has 1 atom stereocenters. The SMILES string of the molecule is Clc1ccc(C(CNC2CC2)C2CCCCCC2)c(Cl)c1. The van der Waals surface area contributed by atoms with Crippen LogP contribution >= 0.6 is 23.2 Å². The topological polar surface area (TPSA) is 12.0 Å². The van der Waals surface area contributed by atoms with Gasteiger partial charge in [0.1, 0.15) is 0 Å². The fourth-order valence-electron chi connectivity index (χ4n) is 3.63. The normalized spacial score (nSPS) is 22.0. The summed E-state index contributed by atoms with van der Waals surface area (Å²) in [6.45, 7) is 1.07. The Labute approximate surface area is 138 Å². The molecule has 2 saturated carbocycles. The summed E-state index contributed by atoms with van der Waals surface area (Å²) in [6, 6.07) is 6.79. The molecule has 1 aromatic rings. The quantitative estimate of drug-likeness (QED) is 0.674. The highest BCUT2D eigenvalue weighted by molar-refractivity contribution is 6.35. The second kappa shape index (κ2) is 7.35. The fraction of sp³-hybridized carbons (Fsp3) is 0.667. The molecule has 3 heteroatoms. The molecule has 0 heterocycles. The molecule has 0 bridgehead atoms. The van der Waals surface area contributed by atoms with Gasteiger partial charge in [-0.15, -0.1) is 0 Å². The van der Waals surface area contributed by atoms with E-state index < -0.39 is 0 Å². The first kappa shape index (κ1) is 15.6. The van der Waals surface area contributed by atoms with Crippen molar-refractivity contribution >= 4 is 23.2 Å². The third-order valence-electron chi connectivity index (χ3n) is 5.03. The van der Waals surface area contributed by atoms with Crippen molar-refractivity contribution in [3.05, 3.63) is 33.8 Å². The molecule has 2 aliphatic carbocycles. The molecule has 2 fully saturated rings. The van der Waals surface area contributed by atoms with E-state index in [2.05, 4.69) is 11.4 Å². The van der Waals surface area contributed by atoms with Crippen molar-refractivity contribution in [3.63, 3.8) is 0 Å². The molecule has 1 nitrogen and oxygen atoms in total. The minimum atomic E-state index is 0.536. The average Bonchev–Trinajstić information content (AvgIpc) is 3.28. The Morgan fingerprint density at radius 3 is 2.33 bits per heavy atom. The van der Waals surface area contributed by atoms with Crippen LogP contribution in [0.5, 0.6) is 0 Å². The zero-order valence-electron chi connectivity index (χ0n) is 12.6. The van der Waals surface area contributed by atoms with Crippen LogP contribution in [-0.2, 0) is 0 Å². The Kier molecular flexibility index (Phi) is 5.48. The molecule has 0 spiro atoms. The van der Waals surface area contributed by atoms with Crippen LogP contribution in [0.2, 0.25) is 10.0 Å². The predicted octanol–water partition coefficient (Wildman–Crippen LogP) is 5.80. The van der Waals surface area contributed by atoms with Crippen LogP contribution in [0.1, 0.15) is 62.8 Å². The Morgan fingerprint density at radius 2 is 1.71 bits per heavy atom. The van der Waals surface area contributed by atoms with E-state index in [4.69, 9.17) is 23.2 Å². The zero-order chi connectivity index (χ0) is 14.7. The molecule has 3 rings (SSSR count). The van der Waals surface area contributed by atoms with Gasteiger partial charge < -0.3 is 5.32 Å². The number of nitrogens with one attached hydrogen (secondary N) is 1. The summed E-state index contributed by atoms with van der Waals surface area (Å²) in [7, 11) is 0. The van der Waals surface area contributed by atoms with Gasteiger partial charge in [-0.3, -0.25) is 0 Å². The molecular weight excluding hydrogens is 301 g/mol. The Morgan fingerprint density at radius 1 is 1.00 bits per heavy atom. The van der Waals surface area contributed by atoms with E-state index in [1.54, 1.807) is 0 Å². The van der Waals surface area contributed by atoms with Crippen molar-refractivity contribution in [1.82, 2.24) is 5.32 Å². The average molecular weight is 326 g/mol. The van der Waals surface area contributed by atoms with Crippen molar-refractivity contribution in [2.45, 2.75) is 63.3 Å². The molecule has 0 radical (unpaired) electrons. The smallest absolute Gasteiger partial charge is 0.0456 e. The van der Waals surface area contributed by atoms with E-state index in [1.807, 2.05) is 12.1 Å². The fourth-order valence-corrected chi connectivity index (χ4v) is 4.18. The molecule has 2 aliphatic rings. The molecule has 0 aliphatic heterocycles. The van der Waals surface area contributed by atoms with Gasteiger partial charge in [0.2, 0.25) is 0 Å². The zero-order valence-corrected chi connectivity index (χ0v) is 14.1. The number of benzene rings is 1. The van der Waals surface area contributed by atoms with E-state index in [9.17, 15) is 0 Å². The molecule has 21 heavy (non-hydrogen) atoms. The van der Waals surface area contributed by atoms with Gasteiger partial charge in [0.05, 0.1) is 0 Å². The van der Waals surface area contributed by atoms with Crippen LogP contribution in [0.4, 0.5) is 0 Å². The number of halogens is 2. The third kappa shape index (κ3) is 4.37. The molecule has 1 N–H and O–H groups in total. The van der Waals surface area contributed by atoms with Crippen molar-refractivity contribution < 1.29 is 0 Å². The van der Waals surface area contributed by atoms with E-state index in [0.29, 0.717) is 5.92 Å². The molecule has 0 saturated heterocycles. The monoisotopic (exact) mass is 325 g/mol. The van der Waals surface area contributed by atoms with Gasteiger partial charge in [-0.05, 0) is 49.3 Å². The summed E-state index contributed by atoms with van der Waals surface area (Å²) in [6.07, 6.45) is 10.9. The molecule has 0 amide bonds. The minimum Gasteiger partial charge on any atom is -0.313 e.